The number of nitrogens with one attached hydrogen (secondary N) is 1. The highest BCUT2D eigenvalue weighted by Gasteiger charge is 2.30. The molecule has 0 aliphatic heterocycles. The van der Waals surface area contributed by atoms with Gasteiger partial charge < -0.3 is 5.32 Å². The largest absolute Gasteiger partial charge is 0.348 e. The van der Waals surface area contributed by atoms with Crippen LogP contribution in [-0.2, 0) is 14.8 Å². The van der Waals surface area contributed by atoms with Gasteiger partial charge in [0.05, 0.1) is 18.0 Å². The van der Waals surface area contributed by atoms with E-state index in [1.807, 2.05) is 39.0 Å². The molecule has 0 saturated carbocycles. The van der Waals surface area contributed by atoms with Crippen molar-refractivity contribution in [3.05, 3.63) is 63.1 Å². The summed E-state index contributed by atoms with van der Waals surface area (Å²) in [5.74, 6) is -0.422. The second-order valence-electron chi connectivity index (χ2n) is 6.95. The van der Waals surface area contributed by atoms with Gasteiger partial charge in [0.1, 0.15) is 6.04 Å². The van der Waals surface area contributed by atoms with Gasteiger partial charge in [-0.25, -0.2) is 8.42 Å². The van der Waals surface area contributed by atoms with Crippen molar-refractivity contribution in [3.8, 4) is 0 Å². The van der Waals surface area contributed by atoms with Gasteiger partial charge in [0, 0.05) is 10.0 Å². The summed E-state index contributed by atoms with van der Waals surface area (Å²) in [6, 6.07) is 9.14. The summed E-state index contributed by atoms with van der Waals surface area (Å²) >= 11 is 12.0. The number of carbonyl (C=O) groups excluding carboxylic acids is 1. The van der Waals surface area contributed by atoms with E-state index in [-0.39, 0.29) is 21.8 Å². The molecule has 1 amide bonds. The van der Waals surface area contributed by atoms with E-state index >= 15 is 0 Å². The molecule has 2 rings (SSSR count). The number of hydrogen-bond donors (Lipinski definition) is 1. The number of amides is 1. The van der Waals surface area contributed by atoms with E-state index in [2.05, 4.69) is 5.32 Å². The number of hydrogen-bond acceptors (Lipinski definition) is 3. The summed E-state index contributed by atoms with van der Waals surface area (Å²) < 4.78 is 25.8. The summed E-state index contributed by atoms with van der Waals surface area (Å²) in [5, 5.41) is 3.47. The van der Waals surface area contributed by atoms with Crippen LogP contribution in [0.25, 0.3) is 0 Å². The molecule has 5 nitrogen and oxygen atoms in total. The van der Waals surface area contributed by atoms with Gasteiger partial charge in [0.25, 0.3) is 0 Å². The number of halogens is 2. The van der Waals surface area contributed by atoms with Crippen molar-refractivity contribution in [1.82, 2.24) is 5.32 Å². The molecular formula is C20H24Cl2N2O3S. The van der Waals surface area contributed by atoms with Crippen LogP contribution in [0, 0.1) is 13.8 Å². The van der Waals surface area contributed by atoms with Crippen LogP contribution in [0.5, 0.6) is 0 Å². The van der Waals surface area contributed by atoms with Crippen LogP contribution in [0.1, 0.15) is 36.6 Å². The summed E-state index contributed by atoms with van der Waals surface area (Å²) in [4.78, 5) is 12.9. The normalized spacial score (nSPS) is 13.7. The minimum atomic E-state index is -3.75. The van der Waals surface area contributed by atoms with Crippen molar-refractivity contribution in [2.24, 2.45) is 0 Å². The second-order valence-corrected chi connectivity index (χ2v) is 9.69. The SMILES string of the molecule is Cc1ccc(C(C)NC(=O)C(C)N(c2cc(Cl)cc(Cl)c2)S(C)(=O)=O)c(C)c1. The fourth-order valence-corrected chi connectivity index (χ4v) is 4.87. The fraction of sp³-hybridized carbons (Fsp3) is 0.350. The third-order valence-electron chi connectivity index (χ3n) is 4.44. The van der Waals surface area contributed by atoms with E-state index < -0.39 is 22.0 Å². The lowest BCUT2D eigenvalue weighted by Gasteiger charge is -2.29. The molecule has 152 valence electrons. The van der Waals surface area contributed by atoms with Gasteiger partial charge >= 0.3 is 0 Å². The van der Waals surface area contributed by atoms with Gasteiger partial charge in [0.15, 0.2) is 0 Å². The maximum Gasteiger partial charge on any atom is 0.244 e. The van der Waals surface area contributed by atoms with Crippen LogP contribution < -0.4 is 9.62 Å². The number of benzene rings is 2. The van der Waals surface area contributed by atoms with Crippen LogP contribution in [0.4, 0.5) is 5.69 Å². The lowest BCUT2D eigenvalue weighted by atomic mass is 10.00. The summed E-state index contributed by atoms with van der Waals surface area (Å²) in [7, 11) is -3.75. The lowest BCUT2D eigenvalue weighted by molar-refractivity contribution is -0.122. The monoisotopic (exact) mass is 442 g/mol. The van der Waals surface area contributed by atoms with Crippen molar-refractivity contribution in [3.63, 3.8) is 0 Å². The molecule has 2 unspecified atom stereocenters. The Kier molecular flexibility index (Phi) is 7.02. The molecular weight excluding hydrogens is 419 g/mol. The van der Waals surface area contributed by atoms with Crippen molar-refractivity contribution in [1.29, 1.82) is 0 Å². The first-order valence-electron chi connectivity index (χ1n) is 8.73. The zero-order valence-corrected chi connectivity index (χ0v) is 18.8. The molecule has 0 heterocycles. The Bertz CT molecular complexity index is 973. The Hall–Kier alpha value is -1.76. The Morgan fingerprint density at radius 1 is 1.04 bits per heavy atom. The topological polar surface area (TPSA) is 66.5 Å². The van der Waals surface area contributed by atoms with Crippen LogP contribution >= 0.6 is 23.2 Å². The number of carbonyl (C=O) groups is 1. The average molecular weight is 443 g/mol. The number of nitrogens with zero attached hydrogens (tertiary/aromatic N) is 1. The van der Waals surface area contributed by atoms with Gasteiger partial charge in [-0.2, -0.15) is 0 Å². The minimum Gasteiger partial charge on any atom is -0.348 e. The van der Waals surface area contributed by atoms with E-state index in [9.17, 15) is 13.2 Å². The summed E-state index contributed by atoms with van der Waals surface area (Å²) in [6.45, 7) is 7.37. The Labute approximate surface area is 176 Å². The molecule has 0 spiro atoms. The summed E-state index contributed by atoms with van der Waals surface area (Å²) in [6.07, 6.45) is 1.04. The number of sulfonamides is 1. The molecule has 0 aromatic heterocycles. The quantitative estimate of drug-likeness (QED) is 0.707. The highest BCUT2D eigenvalue weighted by atomic mass is 35.5. The molecule has 2 atom stereocenters. The van der Waals surface area contributed by atoms with E-state index in [1.165, 1.54) is 25.1 Å². The lowest BCUT2D eigenvalue weighted by Crippen LogP contribution is -2.48. The Morgan fingerprint density at radius 3 is 2.11 bits per heavy atom. The highest BCUT2D eigenvalue weighted by Crippen LogP contribution is 2.29. The van der Waals surface area contributed by atoms with Crippen LogP contribution in [-0.4, -0.2) is 26.6 Å². The minimum absolute atomic E-state index is 0.238. The van der Waals surface area contributed by atoms with E-state index in [0.717, 1.165) is 27.3 Å². The number of rotatable bonds is 6. The van der Waals surface area contributed by atoms with Crippen LogP contribution in [0.3, 0.4) is 0 Å². The van der Waals surface area contributed by atoms with Crippen molar-refractivity contribution in [2.45, 2.75) is 39.8 Å². The molecule has 2 aromatic rings. The van der Waals surface area contributed by atoms with E-state index in [4.69, 9.17) is 23.2 Å². The van der Waals surface area contributed by atoms with Gasteiger partial charge in [0.2, 0.25) is 15.9 Å². The molecule has 1 N–H and O–H groups in total. The molecule has 0 saturated heterocycles. The Morgan fingerprint density at radius 2 is 1.61 bits per heavy atom. The predicted octanol–water partition coefficient (Wildman–Crippen LogP) is 4.64. The van der Waals surface area contributed by atoms with Crippen molar-refractivity contribution >= 4 is 44.8 Å². The van der Waals surface area contributed by atoms with Crippen molar-refractivity contribution in [2.75, 3.05) is 10.6 Å². The van der Waals surface area contributed by atoms with Gasteiger partial charge in [-0.15, -0.1) is 0 Å². The molecule has 2 aromatic carbocycles. The maximum absolute atomic E-state index is 12.9. The molecule has 0 aliphatic rings. The zero-order valence-electron chi connectivity index (χ0n) is 16.5. The fourth-order valence-electron chi connectivity index (χ4n) is 3.20. The average Bonchev–Trinajstić information content (AvgIpc) is 2.52. The van der Waals surface area contributed by atoms with E-state index in [1.54, 1.807) is 0 Å². The molecule has 0 radical (unpaired) electrons. The van der Waals surface area contributed by atoms with Gasteiger partial charge in [-0.05, 0) is 57.0 Å². The first-order valence-corrected chi connectivity index (χ1v) is 11.3. The first kappa shape index (κ1) is 22.5. The molecule has 8 heteroatoms. The van der Waals surface area contributed by atoms with E-state index in [0.29, 0.717) is 0 Å². The molecule has 0 aliphatic carbocycles. The Balaban J connectivity index is 2.31. The van der Waals surface area contributed by atoms with Crippen LogP contribution in [0.2, 0.25) is 10.0 Å². The van der Waals surface area contributed by atoms with Gasteiger partial charge in [-0.1, -0.05) is 47.0 Å². The molecule has 0 fully saturated rings. The van der Waals surface area contributed by atoms with Crippen LogP contribution in [0.15, 0.2) is 36.4 Å². The van der Waals surface area contributed by atoms with Gasteiger partial charge in [-0.3, -0.25) is 9.10 Å². The van der Waals surface area contributed by atoms with Crippen molar-refractivity contribution < 1.29 is 13.2 Å². The predicted molar refractivity (Wildman–Crippen MR) is 116 cm³/mol. The molecule has 28 heavy (non-hydrogen) atoms. The third kappa shape index (κ3) is 5.40. The number of aryl methyl sites for hydroxylation is 2. The first-order chi connectivity index (χ1) is 12.9. The zero-order chi connectivity index (χ0) is 21.2. The smallest absolute Gasteiger partial charge is 0.244 e. The maximum atomic E-state index is 12.9. The standard InChI is InChI=1S/C20H24Cl2N2O3S/c1-12-6-7-19(13(2)8-12)14(3)23-20(25)15(4)24(28(5,26)27)18-10-16(21)9-17(22)11-18/h6-11,14-15H,1-5H3,(H,23,25). The third-order valence-corrected chi connectivity index (χ3v) is 6.12. The molecule has 0 bridgehead atoms. The highest BCUT2D eigenvalue weighted by molar-refractivity contribution is 7.92. The number of anilines is 1. The summed E-state index contributed by atoms with van der Waals surface area (Å²) in [5.41, 5.74) is 3.40. The second kappa shape index (κ2) is 8.72.